The Bertz CT molecular complexity index is 321. The highest BCUT2D eigenvalue weighted by Gasteiger charge is 2.12. The number of hydrogen-bond acceptors (Lipinski definition) is 1. The minimum Gasteiger partial charge on any atom is -0.496 e. The van der Waals surface area contributed by atoms with Gasteiger partial charge < -0.3 is 4.74 Å². The molecule has 0 N–H and O–H groups in total. The lowest BCUT2D eigenvalue weighted by Gasteiger charge is -2.19. The van der Waals surface area contributed by atoms with E-state index in [1.54, 1.807) is 7.11 Å². The molecule has 0 atom stereocenters. The van der Waals surface area contributed by atoms with Gasteiger partial charge in [-0.3, -0.25) is 0 Å². The second-order valence-corrected chi connectivity index (χ2v) is 5.33. The summed E-state index contributed by atoms with van der Waals surface area (Å²) in [6, 6.07) is 6.37. The fourth-order valence-electron chi connectivity index (χ4n) is 1.71. The van der Waals surface area contributed by atoms with E-state index < -0.39 is 0 Å². The lowest BCUT2D eigenvalue weighted by Crippen LogP contribution is -2.07. The van der Waals surface area contributed by atoms with Crippen LogP contribution in [0, 0.1) is 12.3 Å². The standard InChI is InChI=1S/C14H22O/c1-11-7-6-8-12(13(11)15-5)9-10-14(2,3)4/h6-8H,9-10H2,1-5H3. The summed E-state index contributed by atoms with van der Waals surface area (Å²) >= 11 is 0. The van der Waals surface area contributed by atoms with Crippen molar-refractivity contribution in [1.82, 2.24) is 0 Å². The minimum absolute atomic E-state index is 0.384. The highest BCUT2D eigenvalue weighted by Crippen LogP contribution is 2.28. The highest BCUT2D eigenvalue weighted by atomic mass is 16.5. The Morgan fingerprint density at radius 2 is 1.87 bits per heavy atom. The van der Waals surface area contributed by atoms with Crippen LogP contribution < -0.4 is 4.74 Å². The number of ether oxygens (including phenoxy) is 1. The summed E-state index contributed by atoms with van der Waals surface area (Å²) in [7, 11) is 1.75. The van der Waals surface area contributed by atoms with Gasteiger partial charge in [0.15, 0.2) is 0 Å². The average molecular weight is 206 g/mol. The van der Waals surface area contributed by atoms with Crippen LogP contribution in [-0.2, 0) is 6.42 Å². The first-order valence-corrected chi connectivity index (χ1v) is 5.56. The molecule has 0 heterocycles. The molecule has 0 amide bonds. The van der Waals surface area contributed by atoms with E-state index in [9.17, 15) is 0 Å². The largest absolute Gasteiger partial charge is 0.496 e. The monoisotopic (exact) mass is 206 g/mol. The normalized spacial score (nSPS) is 11.5. The van der Waals surface area contributed by atoms with Gasteiger partial charge in [0.05, 0.1) is 7.11 Å². The molecule has 15 heavy (non-hydrogen) atoms. The van der Waals surface area contributed by atoms with Crippen molar-refractivity contribution in [2.75, 3.05) is 7.11 Å². The molecule has 0 aliphatic carbocycles. The number of methoxy groups -OCH3 is 1. The van der Waals surface area contributed by atoms with Crippen LogP contribution in [0.2, 0.25) is 0 Å². The molecular weight excluding hydrogens is 184 g/mol. The molecule has 1 aromatic rings. The van der Waals surface area contributed by atoms with Crippen molar-refractivity contribution in [2.45, 2.75) is 40.5 Å². The molecule has 0 aliphatic rings. The van der Waals surface area contributed by atoms with Gasteiger partial charge in [0.1, 0.15) is 5.75 Å². The van der Waals surface area contributed by atoms with E-state index in [-0.39, 0.29) is 0 Å². The molecule has 0 saturated heterocycles. The van der Waals surface area contributed by atoms with Gasteiger partial charge in [0.2, 0.25) is 0 Å². The van der Waals surface area contributed by atoms with Crippen molar-refractivity contribution in [3.05, 3.63) is 29.3 Å². The van der Waals surface area contributed by atoms with E-state index in [0.717, 1.165) is 12.2 Å². The van der Waals surface area contributed by atoms with E-state index in [4.69, 9.17) is 4.74 Å². The van der Waals surface area contributed by atoms with Crippen LogP contribution in [0.5, 0.6) is 5.75 Å². The Morgan fingerprint density at radius 1 is 1.20 bits per heavy atom. The van der Waals surface area contributed by atoms with Gasteiger partial charge in [-0.05, 0) is 36.3 Å². The van der Waals surface area contributed by atoms with Gasteiger partial charge in [-0.15, -0.1) is 0 Å². The smallest absolute Gasteiger partial charge is 0.124 e. The zero-order valence-corrected chi connectivity index (χ0v) is 10.6. The molecule has 0 radical (unpaired) electrons. The zero-order chi connectivity index (χ0) is 11.5. The van der Waals surface area contributed by atoms with E-state index in [2.05, 4.69) is 45.9 Å². The first kappa shape index (κ1) is 12.1. The van der Waals surface area contributed by atoms with Crippen molar-refractivity contribution in [1.29, 1.82) is 0 Å². The van der Waals surface area contributed by atoms with Gasteiger partial charge in [0.25, 0.3) is 0 Å². The summed E-state index contributed by atoms with van der Waals surface area (Å²) in [6.45, 7) is 8.92. The Balaban J connectivity index is 2.81. The van der Waals surface area contributed by atoms with Crippen molar-refractivity contribution >= 4 is 0 Å². The van der Waals surface area contributed by atoms with Gasteiger partial charge >= 0.3 is 0 Å². The SMILES string of the molecule is COc1c(C)cccc1CCC(C)(C)C. The predicted octanol–water partition coefficient (Wildman–Crippen LogP) is 3.98. The Hall–Kier alpha value is -0.980. The van der Waals surface area contributed by atoms with Gasteiger partial charge in [0, 0.05) is 0 Å². The minimum atomic E-state index is 0.384. The van der Waals surface area contributed by atoms with Crippen molar-refractivity contribution < 1.29 is 4.74 Å². The molecule has 1 heteroatoms. The molecule has 1 rings (SSSR count). The molecule has 0 unspecified atom stereocenters. The first-order valence-electron chi connectivity index (χ1n) is 5.56. The molecule has 1 nitrogen and oxygen atoms in total. The number of aryl methyl sites for hydroxylation is 2. The van der Waals surface area contributed by atoms with Crippen molar-refractivity contribution in [3.8, 4) is 5.75 Å². The predicted molar refractivity (Wildman–Crippen MR) is 65.5 cm³/mol. The fraction of sp³-hybridized carbons (Fsp3) is 0.571. The van der Waals surface area contributed by atoms with Gasteiger partial charge in [-0.25, -0.2) is 0 Å². The molecule has 0 bridgehead atoms. The summed E-state index contributed by atoms with van der Waals surface area (Å²) in [5.74, 6) is 1.06. The summed E-state index contributed by atoms with van der Waals surface area (Å²) in [5, 5.41) is 0. The highest BCUT2D eigenvalue weighted by molar-refractivity contribution is 5.40. The maximum Gasteiger partial charge on any atom is 0.124 e. The van der Waals surface area contributed by atoms with Crippen LogP contribution in [0.4, 0.5) is 0 Å². The van der Waals surface area contributed by atoms with Crippen molar-refractivity contribution in [2.24, 2.45) is 5.41 Å². The third-order valence-corrected chi connectivity index (χ3v) is 2.64. The maximum absolute atomic E-state index is 5.44. The average Bonchev–Trinajstić information content (AvgIpc) is 2.13. The molecule has 0 fully saturated rings. The number of para-hydroxylation sites is 1. The number of benzene rings is 1. The summed E-state index contributed by atoms with van der Waals surface area (Å²) in [5.41, 5.74) is 2.94. The molecule has 0 aliphatic heterocycles. The lowest BCUT2D eigenvalue weighted by atomic mass is 9.88. The Kier molecular flexibility index (Phi) is 3.78. The summed E-state index contributed by atoms with van der Waals surface area (Å²) < 4.78 is 5.44. The lowest BCUT2D eigenvalue weighted by molar-refractivity contribution is 0.368. The topological polar surface area (TPSA) is 9.23 Å². The van der Waals surface area contributed by atoms with Crippen LogP contribution in [-0.4, -0.2) is 7.11 Å². The number of hydrogen-bond donors (Lipinski definition) is 0. The van der Waals surface area contributed by atoms with Gasteiger partial charge in [-0.1, -0.05) is 39.0 Å². The van der Waals surface area contributed by atoms with Crippen LogP contribution in [0.15, 0.2) is 18.2 Å². The first-order chi connectivity index (χ1) is 6.94. The third kappa shape index (κ3) is 3.58. The fourth-order valence-corrected chi connectivity index (χ4v) is 1.71. The second-order valence-electron chi connectivity index (χ2n) is 5.33. The molecule has 0 aromatic heterocycles. The maximum atomic E-state index is 5.44. The third-order valence-electron chi connectivity index (χ3n) is 2.64. The number of rotatable bonds is 3. The van der Waals surface area contributed by atoms with E-state index >= 15 is 0 Å². The molecule has 1 aromatic carbocycles. The zero-order valence-electron chi connectivity index (χ0n) is 10.6. The quantitative estimate of drug-likeness (QED) is 0.726. The molecule has 0 saturated carbocycles. The van der Waals surface area contributed by atoms with E-state index in [1.165, 1.54) is 17.5 Å². The van der Waals surface area contributed by atoms with Crippen LogP contribution in [0.3, 0.4) is 0 Å². The van der Waals surface area contributed by atoms with Crippen LogP contribution in [0.25, 0.3) is 0 Å². The Labute approximate surface area is 93.5 Å². The van der Waals surface area contributed by atoms with Gasteiger partial charge in [-0.2, -0.15) is 0 Å². The summed E-state index contributed by atoms with van der Waals surface area (Å²) in [4.78, 5) is 0. The second kappa shape index (κ2) is 4.69. The van der Waals surface area contributed by atoms with Crippen LogP contribution >= 0.6 is 0 Å². The summed E-state index contributed by atoms with van der Waals surface area (Å²) in [6.07, 6.45) is 2.28. The molecular formula is C14H22O. The van der Waals surface area contributed by atoms with Crippen molar-refractivity contribution in [3.63, 3.8) is 0 Å². The van der Waals surface area contributed by atoms with Crippen LogP contribution in [0.1, 0.15) is 38.3 Å². The van der Waals surface area contributed by atoms with E-state index in [0.29, 0.717) is 5.41 Å². The Morgan fingerprint density at radius 3 is 2.40 bits per heavy atom. The molecule has 84 valence electrons. The van der Waals surface area contributed by atoms with E-state index in [1.807, 2.05) is 0 Å². The molecule has 0 spiro atoms.